The summed E-state index contributed by atoms with van der Waals surface area (Å²) < 4.78 is 38.7. The molecule has 0 saturated heterocycles. The Balaban J connectivity index is 2.00. The minimum absolute atomic E-state index is 0.339. The molecule has 0 fully saturated rings. The number of carbonyl (C=O) groups excluding carboxylic acids is 1. The SMILES string of the molecule is CN1c2ccsc2C(=O)/C(=C/Nc2ccc(F)cc2)S1(=O)=O. The van der Waals surface area contributed by atoms with Gasteiger partial charge in [-0.3, -0.25) is 9.10 Å². The number of nitrogens with one attached hydrogen (secondary N) is 1. The first-order valence-corrected chi connectivity index (χ1v) is 8.56. The van der Waals surface area contributed by atoms with Gasteiger partial charge in [0.1, 0.15) is 10.7 Å². The van der Waals surface area contributed by atoms with Crippen molar-refractivity contribution >= 4 is 38.5 Å². The van der Waals surface area contributed by atoms with Crippen LogP contribution in [-0.4, -0.2) is 21.2 Å². The van der Waals surface area contributed by atoms with E-state index in [-0.39, 0.29) is 4.91 Å². The predicted molar refractivity (Wildman–Crippen MR) is 84.1 cm³/mol. The highest BCUT2D eigenvalue weighted by Crippen LogP contribution is 2.37. The molecule has 1 N–H and O–H groups in total. The van der Waals surface area contributed by atoms with E-state index < -0.39 is 21.6 Å². The third-order valence-electron chi connectivity index (χ3n) is 3.27. The van der Waals surface area contributed by atoms with E-state index in [1.807, 2.05) is 0 Å². The smallest absolute Gasteiger partial charge is 0.269 e. The number of nitrogens with zero attached hydrogens (tertiary/aromatic N) is 1. The number of ketones is 1. The molecule has 5 nitrogen and oxygen atoms in total. The molecular weight excluding hydrogens is 327 g/mol. The molecule has 22 heavy (non-hydrogen) atoms. The van der Waals surface area contributed by atoms with Crippen LogP contribution >= 0.6 is 11.3 Å². The molecule has 0 radical (unpaired) electrons. The van der Waals surface area contributed by atoms with Crippen LogP contribution in [0.3, 0.4) is 0 Å². The zero-order chi connectivity index (χ0) is 15.9. The highest BCUT2D eigenvalue weighted by molar-refractivity contribution is 7.97. The first kappa shape index (κ1) is 14.7. The van der Waals surface area contributed by atoms with Crippen molar-refractivity contribution < 1.29 is 17.6 Å². The number of rotatable bonds is 2. The van der Waals surface area contributed by atoms with Crippen LogP contribution in [0.5, 0.6) is 0 Å². The summed E-state index contributed by atoms with van der Waals surface area (Å²) in [5.74, 6) is -0.944. The normalized spacial score (nSPS) is 18.4. The van der Waals surface area contributed by atoms with Crippen LogP contribution in [0.4, 0.5) is 15.8 Å². The molecule has 1 aliphatic rings. The standard InChI is InChI=1S/C14H11FN2O3S2/c1-17-11-6-7-21-14(11)13(18)12(22(17,19)20)8-16-10-4-2-9(15)3-5-10/h2-8,16H,1H3/b12-8-. The van der Waals surface area contributed by atoms with E-state index in [1.54, 1.807) is 11.4 Å². The van der Waals surface area contributed by atoms with Gasteiger partial charge in [0, 0.05) is 18.9 Å². The van der Waals surface area contributed by atoms with Gasteiger partial charge in [-0.25, -0.2) is 12.8 Å². The third kappa shape index (κ3) is 2.30. The van der Waals surface area contributed by atoms with E-state index >= 15 is 0 Å². The Morgan fingerprint density at radius 3 is 2.59 bits per heavy atom. The molecule has 0 saturated carbocycles. The van der Waals surface area contributed by atoms with E-state index in [4.69, 9.17) is 0 Å². The number of fused-ring (bicyclic) bond motifs is 1. The summed E-state index contributed by atoms with van der Waals surface area (Å²) in [7, 11) is -2.50. The number of halogens is 1. The Labute approximate surface area is 130 Å². The molecule has 0 atom stereocenters. The molecule has 2 heterocycles. The van der Waals surface area contributed by atoms with Gasteiger partial charge in [0.2, 0.25) is 5.78 Å². The van der Waals surface area contributed by atoms with Gasteiger partial charge >= 0.3 is 0 Å². The Hall–Kier alpha value is -2.19. The van der Waals surface area contributed by atoms with Crippen molar-refractivity contribution in [1.82, 2.24) is 0 Å². The van der Waals surface area contributed by atoms with Crippen molar-refractivity contribution in [2.75, 3.05) is 16.7 Å². The van der Waals surface area contributed by atoms with Crippen molar-refractivity contribution in [3.8, 4) is 0 Å². The first-order chi connectivity index (χ1) is 10.4. The van der Waals surface area contributed by atoms with Crippen LogP contribution < -0.4 is 9.62 Å². The second-order valence-corrected chi connectivity index (χ2v) is 7.45. The van der Waals surface area contributed by atoms with Crippen LogP contribution in [0.15, 0.2) is 46.8 Å². The molecule has 0 aliphatic carbocycles. The molecule has 1 aromatic carbocycles. The van der Waals surface area contributed by atoms with Gasteiger partial charge in [-0.05, 0) is 35.7 Å². The lowest BCUT2D eigenvalue weighted by molar-refractivity contribution is 0.104. The van der Waals surface area contributed by atoms with Crippen molar-refractivity contribution in [2.24, 2.45) is 0 Å². The second kappa shape index (κ2) is 5.22. The monoisotopic (exact) mass is 338 g/mol. The fourth-order valence-corrected chi connectivity index (χ4v) is 4.31. The summed E-state index contributed by atoms with van der Waals surface area (Å²) in [5.41, 5.74) is 0.866. The van der Waals surface area contributed by atoms with E-state index in [1.165, 1.54) is 42.6 Å². The van der Waals surface area contributed by atoms with Crippen LogP contribution in [0.25, 0.3) is 0 Å². The van der Waals surface area contributed by atoms with Gasteiger partial charge in [-0.1, -0.05) is 0 Å². The highest BCUT2D eigenvalue weighted by Gasteiger charge is 2.39. The van der Waals surface area contributed by atoms with E-state index in [0.717, 1.165) is 10.5 Å². The summed E-state index contributed by atoms with van der Waals surface area (Å²) in [6.07, 6.45) is 1.14. The van der Waals surface area contributed by atoms with E-state index in [2.05, 4.69) is 5.32 Å². The lowest BCUT2D eigenvalue weighted by Gasteiger charge is -2.25. The maximum Gasteiger partial charge on any atom is 0.269 e. The largest absolute Gasteiger partial charge is 0.360 e. The Morgan fingerprint density at radius 2 is 1.91 bits per heavy atom. The van der Waals surface area contributed by atoms with Crippen molar-refractivity contribution in [2.45, 2.75) is 0 Å². The summed E-state index contributed by atoms with van der Waals surface area (Å²) in [5, 5.41) is 4.39. The fourth-order valence-electron chi connectivity index (χ4n) is 2.06. The summed E-state index contributed by atoms with van der Waals surface area (Å²) >= 11 is 1.19. The van der Waals surface area contributed by atoms with Crippen LogP contribution in [0, 0.1) is 5.82 Å². The second-order valence-electron chi connectivity index (χ2n) is 4.60. The maximum absolute atomic E-state index is 12.8. The molecular formula is C14H11FN2O3S2. The Bertz CT molecular complexity index is 870. The Kier molecular flexibility index (Phi) is 3.50. The molecule has 0 amide bonds. The molecule has 8 heteroatoms. The molecule has 1 aliphatic heterocycles. The number of sulfonamides is 1. The van der Waals surface area contributed by atoms with Crippen LogP contribution in [-0.2, 0) is 10.0 Å². The number of hydrogen-bond acceptors (Lipinski definition) is 5. The molecule has 0 unspecified atom stereocenters. The lowest BCUT2D eigenvalue weighted by Crippen LogP contribution is -2.35. The number of Topliss-reactive ketones (excluding diaryl/α,β-unsaturated/α-hetero) is 1. The molecule has 3 rings (SSSR count). The summed E-state index contributed by atoms with van der Waals surface area (Å²) in [4.78, 5) is 12.4. The Morgan fingerprint density at radius 1 is 1.23 bits per heavy atom. The average molecular weight is 338 g/mol. The number of benzene rings is 1. The summed E-state index contributed by atoms with van der Waals surface area (Å²) in [6, 6.07) is 6.97. The van der Waals surface area contributed by atoms with Gasteiger partial charge < -0.3 is 5.32 Å². The zero-order valence-electron chi connectivity index (χ0n) is 11.4. The number of hydrogen-bond donors (Lipinski definition) is 1. The molecule has 2 aromatic rings. The van der Waals surface area contributed by atoms with Crippen LogP contribution in [0.2, 0.25) is 0 Å². The molecule has 0 spiro atoms. The fraction of sp³-hybridized carbons (Fsp3) is 0.0714. The quantitative estimate of drug-likeness (QED) is 0.855. The first-order valence-electron chi connectivity index (χ1n) is 6.24. The molecule has 1 aromatic heterocycles. The van der Waals surface area contributed by atoms with Gasteiger partial charge in [-0.2, -0.15) is 0 Å². The minimum Gasteiger partial charge on any atom is -0.360 e. The van der Waals surface area contributed by atoms with E-state index in [9.17, 15) is 17.6 Å². The van der Waals surface area contributed by atoms with E-state index in [0.29, 0.717) is 16.3 Å². The minimum atomic E-state index is -3.90. The molecule has 0 bridgehead atoms. The number of anilines is 2. The number of allylic oxidation sites excluding steroid dienone is 1. The van der Waals surface area contributed by atoms with Gasteiger partial charge in [-0.15, -0.1) is 11.3 Å². The lowest BCUT2D eigenvalue weighted by atomic mass is 10.2. The third-order valence-corrected chi connectivity index (χ3v) is 5.95. The maximum atomic E-state index is 12.8. The van der Waals surface area contributed by atoms with Crippen LogP contribution in [0.1, 0.15) is 9.67 Å². The van der Waals surface area contributed by atoms with Crippen molar-refractivity contribution in [3.05, 3.63) is 57.5 Å². The predicted octanol–water partition coefficient (Wildman–Crippen LogP) is 2.80. The zero-order valence-corrected chi connectivity index (χ0v) is 13.0. The summed E-state index contributed by atoms with van der Waals surface area (Å²) in [6.45, 7) is 0. The average Bonchev–Trinajstić information content (AvgIpc) is 2.96. The highest BCUT2D eigenvalue weighted by atomic mass is 32.2. The van der Waals surface area contributed by atoms with Crippen molar-refractivity contribution in [1.29, 1.82) is 0 Å². The number of thiophene rings is 1. The topological polar surface area (TPSA) is 66.5 Å². The number of carbonyl (C=O) groups is 1. The van der Waals surface area contributed by atoms with Crippen molar-refractivity contribution in [3.63, 3.8) is 0 Å². The molecule has 114 valence electrons. The van der Waals surface area contributed by atoms with Gasteiger partial charge in [0.15, 0.2) is 4.91 Å². The van der Waals surface area contributed by atoms with Gasteiger partial charge in [0.05, 0.1) is 5.69 Å². The van der Waals surface area contributed by atoms with Gasteiger partial charge in [0.25, 0.3) is 10.0 Å².